The zero-order valence-electron chi connectivity index (χ0n) is 7.31. The first-order valence-corrected chi connectivity index (χ1v) is 4.16. The minimum Gasteiger partial charge on any atom is -0.481 e. The van der Waals surface area contributed by atoms with Crippen LogP contribution >= 0.6 is 0 Å². The predicted molar refractivity (Wildman–Crippen MR) is 47.2 cm³/mol. The van der Waals surface area contributed by atoms with Crippen molar-refractivity contribution >= 4 is 5.97 Å². The second-order valence-corrected chi connectivity index (χ2v) is 2.75. The van der Waals surface area contributed by atoms with Crippen LogP contribution in [0.5, 0.6) is 0 Å². The maximum absolute atomic E-state index is 10.4. The number of carboxylic acids is 1. The van der Waals surface area contributed by atoms with Gasteiger partial charge in [-0.15, -0.1) is 0 Å². The zero-order valence-corrected chi connectivity index (χ0v) is 7.31. The van der Waals surface area contributed by atoms with Crippen molar-refractivity contribution in [2.45, 2.75) is 19.4 Å². The molecule has 0 amide bonds. The Morgan fingerprint density at radius 1 is 1.69 bits per heavy atom. The highest BCUT2D eigenvalue weighted by molar-refractivity contribution is 5.69. The molecule has 0 fully saturated rings. The smallest absolute Gasteiger partial charge is 0.311 e. The monoisotopic (exact) mass is 183 g/mol. The van der Waals surface area contributed by atoms with Gasteiger partial charge in [0.05, 0.1) is 0 Å². The van der Waals surface area contributed by atoms with Gasteiger partial charge < -0.3 is 15.4 Å². The Balaban J connectivity index is 2.60. The Bertz CT molecular complexity index is 283. The molecule has 0 aliphatic heterocycles. The predicted octanol–water partition coefficient (Wildman–Crippen LogP) is -0.141. The maximum atomic E-state index is 10.4. The summed E-state index contributed by atoms with van der Waals surface area (Å²) in [6.45, 7) is 1.34. The van der Waals surface area contributed by atoms with E-state index in [9.17, 15) is 4.79 Å². The molecule has 0 spiro atoms. The summed E-state index contributed by atoms with van der Waals surface area (Å²) in [6, 6.07) is 0. The van der Waals surface area contributed by atoms with Crippen LogP contribution in [-0.2, 0) is 17.8 Å². The fourth-order valence-electron chi connectivity index (χ4n) is 1.11. The lowest BCUT2D eigenvalue weighted by atomic mass is 10.4. The molecule has 0 atom stereocenters. The SMILES string of the molecule is NCCCn1ccnc1CC(=O)O. The van der Waals surface area contributed by atoms with E-state index in [1.165, 1.54) is 0 Å². The number of carboxylic acid groups (broad SMARTS) is 1. The summed E-state index contributed by atoms with van der Waals surface area (Å²) in [6.07, 6.45) is 4.18. The fourth-order valence-corrected chi connectivity index (χ4v) is 1.11. The number of aliphatic carboxylic acids is 1. The van der Waals surface area contributed by atoms with Crippen LogP contribution in [0.4, 0.5) is 0 Å². The minimum atomic E-state index is -0.861. The number of imidazole rings is 1. The van der Waals surface area contributed by atoms with Crippen LogP contribution in [0.25, 0.3) is 0 Å². The molecule has 0 aliphatic rings. The summed E-state index contributed by atoms with van der Waals surface area (Å²) in [5.74, 6) is -0.277. The summed E-state index contributed by atoms with van der Waals surface area (Å²) in [5, 5.41) is 8.56. The summed E-state index contributed by atoms with van der Waals surface area (Å²) in [4.78, 5) is 14.4. The van der Waals surface area contributed by atoms with Crippen molar-refractivity contribution in [1.82, 2.24) is 9.55 Å². The molecule has 1 rings (SSSR count). The molecule has 5 heteroatoms. The highest BCUT2D eigenvalue weighted by Crippen LogP contribution is 1.99. The third kappa shape index (κ3) is 2.87. The molecule has 0 aliphatic carbocycles. The first-order valence-electron chi connectivity index (χ1n) is 4.16. The quantitative estimate of drug-likeness (QED) is 0.665. The molecule has 0 saturated heterocycles. The highest BCUT2D eigenvalue weighted by Gasteiger charge is 2.06. The van der Waals surface area contributed by atoms with Gasteiger partial charge in [-0.3, -0.25) is 4.79 Å². The standard InChI is InChI=1S/C8H13N3O2/c9-2-1-4-11-5-3-10-7(11)6-8(12)13/h3,5H,1-2,4,6,9H2,(H,12,13). The normalized spacial score (nSPS) is 10.2. The largest absolute Gasteiger partial charge is 0.481 e. The van der Waals surface area contributed by atoms with Crippen molar-refractivity contribution in [2.75, 3.05) is 6.54 Å². The Labute approximate surface area is 76.2 Å². The number of hydrogen-bond acceptors (Lipinski definition) is 3. The average molecular weight is 183 g/mol. The van der Waals surface area contributed by atoms with Crippen LogP contribution in [0.2, 0.25) is 0 Å². The molecular formula is C8H13N3O2. The lowest BCUT2D eigenvalue weighted by molar-refractivity contribution is -0.136. The molecule has 3 N–H and O–H groups in total. The first kappa shape index (κ1) is 9.73. The van der Waals surface area contributed by atoms with Gasteiger partial charge in [0.1, 0.15) is 12.2 Å². The second kappa shape index (κ2) is 4.61. The Kier molecular flexibility index (Phi) is 3.45. The van der Waals surface area contributed by atoms with Gasteiger partial charge in [-0.2, -0.15) is 0 Å². The van der Waals surface area contributed by atoms with Crippen LogP contribution < -0.4 is 5.73 Å². The summed E-state index contributed by atoms with van der Waals surface area (Å²) in [7, 11) is 0. The van der Waals surface area contributed by atoms with Crippen LogP contribution in [0.1, 0.15) is 12.2 Å². The van der Waals surface area contributed by atoms with E-state index in [0.717, 1.165) is 13.0 Å². The molecule has 1 aromatic rings. The van der Waals surface area contributed by atoms with E-state index >= 15 is 0 Å². The van der Waals surface area contributed by atoms with E-state index in [1.807, 2.05) is 4.57 Å². The topological polar surface area (TPSA) is 81.1 Å². The third-order valence-corrected chi connectivity index (χ3v) is 1.71. The Hall–Kier alpha value is -1.36. The molecule has 13 heavy (non-hydrogen) atoms. The van der Waals surface area contributed by atoms with E-state index in [1.54, 1.807) is 12.4 Å². The van der Waals surface area contributed by atoms with E-state index < -0.39 is 5.97 Å². The van der Waals surface area contributed by atoms with Gasteiger partial charge in [-0.1, -0.05) is 0 Å². The van der Waals surface area contributed by atoms with Crippen molar-refractivity contribution in [3.8, 4) is 0 Å². The third-order valence-electron chi connectivity index (χ3n) is 1.71. The van der Waals surface area contributed by atoms with Gasteiger partial charge in [-0.25, -0.2) is 4.98 Å². The van der Waals surface area contributed by atoms with Crippen LogP contribution in [0, 0.1) is 0 Å². The van der Waals surface area contributed by atoms with E-state index in [2.05, 4.69) is 4.98 Å². The number of rotatable bonds is 5. The number of carbonyl (C=O) groups is 1. The van der Waals surface area contributed by atoms with Crippen molar-refractivity contribution in [3.05, 3.63) is 18.2 Å². The zero-order chi connectivity index (χ0) is 9.68. The van der Waals surface area contributed by atoms with Crippen molar-refractivity contribution in [3.63, 3.8) is 0 Å². The van der Waals surface area contributed by atoms with E-state index in [4.69, 9.17) is 10.8 Å². The molecular weight excluding hydrogens is 170 g/mol. The second-order valence-electron chi connectivity index (χ2n) is 2.75. The van der Waals surface area contributed by atoms with Crippen LogP contribution in [0.3, 0.4) is 0 Å². The highest BCUT2D eigenvalue weighted by atomic mass is 16.4. The number of nitrogens with zero attached hydrogens (tertiary/aromatic N) is 2. The lowest BCUT2D eigenvalue weighted by Crippen LogP contribution is -2.11. The number of nitrogens with two attached hydrogens (primary N) is 1. The van der Waals surface area contributed by atoms with Crippen molar-refractivity contribution in [2.24, 2.45) is 5.73 Å². The average Bonchev–Trinajstić information content (AvgIpc) is 2.48. The molecule has 0 bridgehead atoms. The van der Waals surface area contributed by atoms with Gasteiger partial charge in [0.15, 0.2) is 0 Å². The Morgan fingerprint density at radius 3 is 3.08 bits per heavy atom. The number of hydrogen-bond donors (Lipinski definition) is 2. The molecule has 1 heterocycles. The minimum absolute atomic E-state index is 0.0302. The molecule has 0 saturated carbocycles. The van der Waals surface area contributed by atoms with Gasteiger partial charge in [-0.05, 0) is 13.0 Å². The van der Waals surface area contributed by atoms with Gasteiger partial charge in [0.25, 0.3) is 0 Å². The van der Waals surface area contributed by atoms with Gasteiger partial charge >= 0.3 is 5.97 Å². The van der Waals surface area contributed by atoms with Crippen molar-refractivity contribution < 1.29 is 9.90 Å². The molecule has 0 unspecified atom stereocenters. The summed E-state index contributed by atoms with van der Waals surface area (Å²) >= 11 is 0. The number of aromatic nitrogens is 2. The van der Waals surface area contributed by atoms with E-state index in [-0.39, 0.29) is 6.42 Å². The summed E-state index contributed by atoms with van der Waals surface area (Å²) < 4.78 is 1.82. The van der Waals surface area contributed by atoms with Crippen LogP contribution in [-0.4, -0.2) is 27.2 Å². The number of aryl methyl sites for hydroxylation is 1. The van der Waals surface area contributed by atoms with Crippen LogP contribution in [0.15, 0.2) is 12.4 Å². The van der Waals surface area contributed by atoms with E-state index in [0.29, 0.717) is 12.4 Å². The Morgan fingerprint density at radius 2 is 2.46 bits per heavy atom. The first-order chi connectivity index (χ1) is 6.24. The lowest BCUT2D eigenvalue weighted by Gasteiger charge is -2.04. The molecule has 5 nitrogen and oxygen atoms in total. The molecule has 72 valence electrons. The van der Waals surface area contributed by atoms with Gasteiger partial charge in [0.2, 0.25) is 0 Å². The van der Waals surface area contributed by atoms with Gasteiger partial charge in [0, 0.05) is 18.9 Å². The molecule has 1 aromatic heterocycles. The summed E-state index contributed by atoms with van der Waals surface area (Å²) in [5.41, 5.74) is 5.35. The fraction of sp³-hybridized carbons (Fsp3) is 0.500. The molecule has 0 aromatic carbocycles. The maximum Gasteiger partial charge on any atom is 0.311 e. The van der Waals surface area contributed by atoms with Crippen molar-refractivity contribution in [1.29, 1.82) is 0 Å². The molecule has 0 radical (unpaired) electrons.